The van der Waals surface area contributed by atoms with Crippen LogP contribution in [0.25, 0.3) is 16.9 Å². The molecule has 6 heteroatoms. The van der Waals surface area contributed by atoms with Gasteiger partial charge in [-0.05, 0) is 80.7 Å². The molecule has 0 saturated heterocycles. The number of aromatic nitrogens is 3. The first-order chi connectivity index (χ1) is 16.0. The van der Waals surface area contributed by atoms with Crippen LogP contribution >= 0.6 is 0 Å². The molecular formula is C27H30N4O2. The molecule has 1 aromatic carbocycles. The van der Waals surface area contributed by atoms with Gasteiger partial charge in [-0.15, -0.1) is 5.10 Å². The molecule has 170 valence electrons. The molecule has 1 unspecified atom stereocenters. The summed E-state index contributed by atoms with van der Waals surface area (Å²) in [5.41, 5.74) is 4.71. The highest BCUT2D eigenvalue weighted by Gasteiger charge is 2.30. The van der Waals surface area contributed by atoms with Gasteiger partial charge in [0.2, 0.25) is 11.9 Å². The van der Waals surface area contributed by atoms with Gasteiger partial charge in [-0.25, -0.2) is 4.52 Å². The number of nitrogens with one attached hydrogen (secondary N) is 1. The highest BCUT2D eigenvalue weighted by atomic mass is 16.5. The van der Waals surface area contributed by atoms with Crippen molar-refractivity contribution in [3.63, 3.8) is 0 Å². The minimum Gasteiger partial charge on any atom is -0.486 e. The molecule has 1 saturated carbocycles. The van der Waals surface area contributed by atoms with E-state index in [-0.39, 0.29) is 17.9 Å². The standard InChI is InChI=1S/C27H30N4O2/c1-5-7-9-23(18(3)6-2)19(4)33-22-16-14-20(15-17-22)24-10-8-11-25-28-27(30-31(24)25)29-26(32)21-12-13-21/h5,7-11,14-17,19,21H,3,6,12-13H2,1-2,4H3,(H,29,30,32). The van der Waals surface area contributed by atoms with Crippen molar-refractivity contribution < 1.29 is 9.53 Å². The summed E-state index contributed by atoms with van der Waals surface area (Å²) >= 11 is 0. The fraction of sp³-hybridized carbons (Fsp3) is 0.296. The maximum absolute atomic E-state index is 12.1. The van der Waals surface area contributed by atoms with Crippen LogP contribution < -0.4 is 10.1 Å². The monoisotopic (exact) mass is 442 g/mol. The number of benzene rings is 1. The Bertz CT molecular complexity index is 1220. The Labute approximate surface area is 194 Å². The molecule has 0 aliphatic heterocycles. The smallest absolute Gasteiger partial charge is 0.249 e. The summed E-state index contributed by atoms with van der Waals surface area (Å²) in [4.78, 5) is 16.5. The molecule has 1 amide bonds. The Morgan fingerprint density at radius 2 is 2.03 bits per heavy atom. The van der Waals surface area contributed by atoms with Crippen LogP contribution in [0.4, 0.5) is 5.95 Å². The van der Waals surface area contributed by atoms with Gasteiger partial charge in [-0.2, -0.15) is 4.98 Å². The summed E-state index contributed by atoms with van der Waals surface area (Å²) in [6, 6.07) is 13.7. The van der Waals surface area contributed by atoms with E-state index in [0.717, 1.165) is 47.4 Å². The maximum atomic E-state index is 12.1. The van der Waals surface area contributed by atoms with Crippen molar-refractivity contribution in [3.8, 4) is 17.0 Å². The Kier molecular flexibility index (Phi) is 6.73. The van der Waals surface area contributed by atoms with E-state index in [1.807, 2.05) is 68.5 Å². The van der Waals surface area contributed by atoms with E-state index in [9.17, 15) is 4.79 Å². The third kappa shape index (κ3) is 5.22. The first-order valence-electron chi connectivity index (χ1n) is 11.4. The van der Waals surface area contributed by atoms with Crippen LogP contribution in [-0.2, 0) is 4.79 Å². The fourth-order valence-electron chi connectivity index (χ4n) is 3.65. The van der Waals surface area contributed by atoms with Gasteiger partial charge in [0.15, 0.2) is 5.65 Å². The van der Waals surface area contributed by atoms with E-state index >= 15 is 0 Å². The van der Waals surface area contributed by atoms with E-state index in [0.29, 0.717) is 11.6 Å². The molecule has 1 fully saturated rings. The quantitative estimate of drug-likeness (QED) is 0.414. The van der Waals surface area contributed by atoms with Crippen LogP contribution in [0.15, 0.2) is 78.4 Å². The predicted molar refractivity (Wildman–Crippen MR) is 132 cm³/mol. The van der Waals surface area contributed by atoms with E-state index in [1.165, 1.54) is 0 Å². The molecule has 2 heterocycles. The summed E-state index contributed by atoms with van der Waals surface area (Å²) in [6.07, 6.45) is 8.72. The summed E-state index contributed by atoms with van der Waals surface area (Å²) in [7, 11) is 0. The number of amides is 1. The number of hydrogen-bond donors (Lipinski definition) is 1. The number of hydrogen-bond acceptors (Lipinski definition) is 4. The summed E-state index contributed by atoms with van der Waals surface area (Å²) in [5, 5.41) is 7.33. The number of rotatable bonds is 9. The first kappa shape index (κ1) is 22.5. The number of pyridine rings is 1. The Balaban J connectivity index is 1.53. The molecule has 1 N–H and O–H groups in total. The second-order valence-corrected chi connectivity index (χ2v) is 8.27. The summed E-state index contributed by atoms with van der Waals surface area (Å²) < 4.78 is 7.96. The van der Waals surface area contributed by atoms with Crippen LogP contribution in [0.3, 0.4) is 0 Å². The molecule has 1 aliphatic carbocycles. The van der Waals surface area contributed by atoms with Crippen LogP contribution in [0.1, 0.15) is 40.0 Å². The van der Waals surface area contributed by atoms with Gasteiger partial charge in [-0.3, -0.25) is 10.1 Å². The number of carbonyl (C=O) groups is 1. The van der Waals surface area contributed by atoms with Crippen molar-refractivity contribution in [3.05, 3.63) is 78.4 Å². The zero-order valence-electron chi connectivity index (χ0n) is 19.4. The molecule has 1 aliphatic rings. The molecule has 0 spiro atoms. The van der Waals surface area contributed by atoms with Gasteiger partial charge in [-0.1, -0.05) is 37.8 Å². The lowest BCUT2D eigenvalue weighted by Gasteiger charge is -2.19. The Hall–Kier alpha value is -3.67. The molecule has 33 heavy (non-hydrogen) atoms. The minimum atomic E-state index is -0.115. The third-order valence-corrected chi connectivity index (χ3v) is 5.75. The molecular weight excluding hydrogens is 412 g/mol. The Morgan fingerprint density at radius 1 is 1.27 bits per heavy atom. The number of nitrogens with zero attached hydrogens (tertiary/aromatic N) is 3. The summed E-state index contributed by atoms with van der Waals surface area (Å²) in [6.45, 7) is 10.3. The van der Waals surface area contributed by atoms with Gasteiger partial charge in [0.05, 0.1) is 5.69 Å². The average Bonchev–Trinajstić information content (AvgIpc) is 3.59. The third-order valence-electron chi connectivity index (χ3n) is 5.75. The second kappa shape index (κ2) is 9.86. The molecule has 1 atom stereocenters. The lowest BCUT2D eigenvalue weighted by Crippen LogP contribution is -2.16. The van der Waals surface area contributed by atoms with Crippen molar-refractivity contribution >= 4 is 17.5 Å². The number of anilines is 1. The zero-order chi connectivity index (χ0) is 23.4. The van der Waals surface area contributed by atoms with Gasteiger partial charge in [0.1, 0.15) is 11.9 Å². The predicted octanol–water partition coefficient (Wildman–Crippen LogP) is 5.98. The van der Waals surface area contributed by atoms with Crippen LogP contribution in [0.5, 0.6) is 5.75 Å². The highest BCUT2D eigenvalue weighted by Crippen LogP contribution is 2.30. The average molecular weight is 443 g/mol. The van der Waals surface area contributed by atoms with E-state index in [4.69, 9.17) is 4.74 Å². The first-order valence-corrected chi connectivity index (χ1v) is 11.4. The SMILES string of the molecule is C=C(CC)C(=CC=CC)C(C)Oc1ccc(-c2cccc3nc(NC(=O)C4CC4)nn23)cc1. The molecule has 2 aromatic heterocycles. The zero-order valence-corrected chi connectivity index (χ0v) is 19.4. The van der Waals surface area contributed by atoms with Crippen molar-refractivity contribution in [2.24, 2.45) is 5.92 Å². The minimum absolute atomic E-state index is 0.00308. The molecule has 4 rings (SSSR count). The molecule has 0 radical (unpaired) electrons. The number of allylic oxidation sites excluding steroid dienone is 3. The van der Waals surface area contributed by atoms with Gasteiger partial charge in [0, 0.05) is 11.5 Å². The molecule has 0 bridgehead atoms. The molecule has 3 aromatic rings. The number of carbonyl (C=O) groups excluding carboxylic acids is 1. The highest BCUT2D eigenvalue weighted by molar-refractivity contribution is 5.92. The topological polar surface area (TPSA) is 68.5 Å². The fourth-order valence-corrected chi connectivity index (χ4v) is 3.65. The lowest BCUT2D eigenvalue weighted by atomic mass is 10.00. The normalized spacial score (nSPS) is 15.1. The second-order valence-electron chi connectivity index (χ2n) is 8.27. The van der Waals surface area contributed by atoms with Crippen molar-refractivity contribution in [2.75, 3.05) is 5.32 Å². The number of ether oxygens (including phenoxy) is 1. The van der Waals surface area contributed by atoms with E-state index in [2.05, 4.69) is 35.0 Å². The van der Waals surface area contributed by atoms with E-state index in [1.54, 1.807) is 4.52 Å². The van der Waals surface area contributed by atoms with Crippen LogP contribution in [0.2, 0.25) is 0 Å². The van der Waals surface area contributed by atoms with Crippen LogP contribution in [0, 0.1) is 5.92 Å². The largest absolute Gasteiger partial charge is 0.486 e. The van der Waals surface area contributed by atoms with Gasteiger partial charge < -0.3 is 4.74 Å². The van der Waals surface area contributed by atoms with E-state index < -0.39 is 0 Å². The van der Waals surface area contributed by atoms with Crippen LogP contribution in [-0.4, -0.2) is 26.6 Å². The van der Waals surface area contributed by atoms with Crippen molar-refractivity contribution in [1.82, 2.24) is 14.6 Å². The van der Waals surface area contributed by atoms with Gasteiger partial charge in [0.25, 0.3) is 0 Å². The van der Waals surface area contributed by atoms with Crippen molar-refractivity contribution in [2.45, 2.75) is 46.1 Å². The lowest BCUT2D eigenvalue weighted by molar-refractivity contribution is -0.117. The van der Waals surface area contributed by atoms with Crippen molar-refractivity contribution in [1.29, 1.82) is 0 Å². The number of fused-ring (bicyclic) bond motifs is 1. The molecule has 6 nitrogen and oxygen atoms in total. The summed E-state index contributed by atoms with van der Waals surface area (Å²) in [5.74, 6) is 1.22. The maximum Gasteiger partial charge on any atom is 0.249 e. The van der Waals surface area contributed by atoms with Gasteiger partial charge >= 0.3 is 0 Å². The Morgan fingerprint density at radius 3 is 2.70 bits per heavy atom.